The van der Waals surface area contributed by atoms with Crippen LogP contribution in [0.2, 0.25) is 0 Å². The average Bonchev–Trinajstić information content (AvgIpc) is 3.90. The lowest BCUT2D eigenvalue weighted by Crippen LogP contribution is -2.31. The fourth-order valence-electron chi connectivity index (χ4n) is 7.89. The number of hydrogen-bond donors (Lipinski definition) is 2. The minimum absolute atomic E-state index is 0.106. The number of aliphatic hydroxyl groups excluding tert-OH is 2. The van der Waals surface area contributed by atoms with E-state index in [4.69, 9.17) is 20.5 Å². The van der Waals surface area contributed by atoms with Crippen molar-refractivity contribution in [2.45, 2.75) is 102 Å². The normalized spacial score (nSPS) is 24.5. The molecule has 8 rings (SSSR count). The average molecular weight is 681 g/mol. The van der Waals surface area contributed by atoms with E-state index in [1.54, 1.807) is 22.7 Å². The third kappa shape index (κ3) is 5.85. The zero-order valence-corrected chi connectivity index (χ0v) is 28.9. The van der Waals surface area contributed by atoms with Gasteiger partial charge >= 0.3 is 0 Å². The molecular weight excluding hydrogens is 641 g/mol. The molecule has 248 valence electrons. The first-order chi connectivity index (χ1) is 23.4. The number of thiophene rings is 2. The minimum atomic E-state index is -0.411. The summed E-state index contributed by atoms with van der Waals surface area (Å²) in [5, 5.41) is 42.9. The van der Waals surface area contributed by atoms with Gasteiger partial charge in [-0.2, -0.15) is 10.5 Å². The number of fused-ring (bicyclic) bond motifs is 6. The lowest BCUT2D eigenvalue weighted by molar-refractivity contribution is 0.0498. The summed E-state index contributed by atoms with van der Waals surface area (Å²) < 4.78 is 7.02. The van der Waals surface area contributed by atoms with Crippen molar-refractivity contribution in [1.29, 1.82) is 10.5 Å². The molecule has 6 aromatic rings. The monoisotopic (exact) mass is 680 g/mol. The van der Waals surface area contributed by atoms with E-state index in [1.807, 2.05) is 24.5 Å². The van der Waals surface area contributed by atoms with Crippen LogP contribution in [0, 0.1) is 34.5 Å². The van der Waals surface area contributed by atoms with Crippen molar-refractivity contribution < 1.29 is 10.2 Å². The number of imidazole rings is 2. The van der Waals surface area contributed by atoms with Crippen LogP contribution in [-0.2, 0) is 12.8 Å². The summed E-state index contributed by atoms with van der Waals surface area (Å²) in [6.45, 7) is 4.24. The zero-order valence-electron chi connectivity index (χ0n) is 27.3. The number of pyridine rings is 2. The maximum atomic E-state index is 10.5. The van der Waals surface area contributed by atoms with E-state index in [0.29, 0.717) is 25.7 Å². The van der Waals surface area contributed by atoms with Crippen molar-refractivity contribution in [3.05, 3.63) is 46.9 Å². The summed E-state index contributed by atoms with van der Waals surface area (Å²) >= 11 is 3.40. The quantitative estimate of drug-likeness (QED) is 0.182. The van der Waals surface area contributed by atoms with Gasteiger partial charge in [-0.3, -0.25) is 9.97 Å². The molecule has 2 aliphatic carbocycles. The summed E-state index contributed by atoms with van der Waals surface area (Å²) in [6, 6.07) is 8.97. The SMILES string of the molecule is CCc1nc2cnc3ccsc3c2n1[C@@H]1CC[C@@H](CC#N)[C@H](O)C1.CCc1nc2cnc3ccsc3c2n1[C@H]1CC[C@H](CC#N)[C@H](O)C1. The van der Waals surface area contributed by atoms with Gasteiger partial charge in [0.25, 0.3) is 0 Å². The second-order valence-corrected chi connectivity index (χ2v) is 14.9. The lowest BCUT2D eigenvalue weighted by atomic mass is 9.82. The second kappa shape index (κ2) is 13.9. The number of aryl methyl sites for hydroxylation is 2. The number of rotatable bonds is 6. The van der Waals surface area contributed by atoms with Crippen molar-refractivity contribution in [3.63, 3.8) is 0 Å². The van der Waals surface area contributed by atoms with Crippen LogP contribution in [0.5, 0.6) is 0 Å². The Bertz CT molecular complexity index is 2000. The molecule has 0 amide bonds. The smallest absolute Gasteiger partial charge is 0.109 e. The predicted octanol–water partition coefficient (Wildman–Crippen LogP) is 7.65. The van der Waals surface area contributed by atoms with Gasteiger partial charge in [0.05, 0.1) is 68.2 Å². The van der Waals surface area contributed by atoms with Crippen LogP contribution >= 0.6 is 22.7 Å². The van der Waals surface area contributed by atoms with E-state index in [9.17, 15) is 10.2 Å². The summed E-state index contributed by atoms with van der Waals surface area (Å²) in [5.74, 6) is 2.33. The molecule has 10 nitrogen and oxygen atoms in total. The van der Waals surface area contributed by atoms with Crippen molar-refractivity contribution in [3.8, 4) is 12.1 Å². The Morgan fingerprint density at radius 2 is 1.15 bits per heavy atom. The molecule has 6 atom stereocenters. The number of nitrogens with zero attached hydrogens (tertiary/aromatic N) is 8. The highest BCUT2D eigenvalue weighted by molar-refractivity contribution is 7.18. The third-order valence-electron chi connectivity index (χ3n) is 10.3. The molecular formula is C36H40N8O2S2. The van der Waals surface area contributed by atoms with E-state index < -0.39 is 12.2 Å². The maximum absolute atomic E-state index is 10.5. The molecule has 2 fully saturated rings. The molecule has 6 heterocycles. The Morgan fingerprint density at radius 3 is 1.52 bits per heavy atom. The summed E-state index contributed by atoms with van der Waals surface area (Å²) in [6.07, 6.45) is 10.6. The van der Waals surface area contributed by atoms with Gasteiger partial charge in [0.15, 0.2) is 0 Å². The lowest BCUT2D eigenvalue weighted by Gasteiger charge is -2.33. The first-order valence-corrected chi connectivity index (χ1v) is 18.8. The molecule has 0 bridgehead atoms. The Labute approximate surface area is 287 Å². The van der Waals surface area contributed by atoms with Crippen LogP contribution in [0.15, 0.2) is 35.3 Å². The Balaban J connectivity index is 0.000000152. The summed E-state index contributed by atoms with van der Waals surface area (Å²) in [4.78, 5) is 18.6. The van der Waals surface area contributed by atoms with Crippen LogP contribution < -0.4 is 0 Å². The molecule has 2 N–H and O–H groups in total. The highest BCUT2D eigenvalue weighted by atomic mass is 32.1. The molecule has 48 heavy (non-hydrogen) atoms. The van der Waals surface area contributed by atoms with Crippen molar-refractivity contribution in [2.24, 2.45) is 11.8 Å². The van der Waals surface area contributed by atoms with Crippen molar-refractivity contribution in [2.75, 3.05) is 0 Å². The molecule has 0 saturated heterocycles. The first kappa shape index (κ1) is 32.6. The van der Waals surface area contributed by atoms with E-state index >= 15 is 0 Å². The van der Waals surface area contributed by atoms with Gasteiger partial charge in [-0.05, 0) is 73.3 Å². The summed E-state index contributed by atoms with van der Waals surface area (Å²) in [7, 11) is 0. The van der Waals surface area contributed by atoms with Crippen LogP contribution in [0.1, 0.15) is 88.9 Å². The van der Waals surface area contributed by atoms with Crippen LogP contribution in [-0.4, -0.2) is 51.5 Å². The minimum Gasteiger partial charge on any atom is -0.393 e. The van der Waals surface area contributed by atoms with E-state index in [-0.39, 0.29) is 23.9 Å². The molecule has 6 aromatic heterocycles. The fraction of sp³-hybridized carbons (Fsp3) is 0.500. The Morgan fingerprint density at radius 1 is 0.708 bits per heavy atom. The number of aliphatic hydroxyl groups is 2. The van der Waals surface area contributed by atoms with Crippen molar-refractivity contribution >= 4 is 65.2 Å². The molecule has 0 aromatic carbocycles. The maximum Gasteiger partial charge on any atom is 0.109 e. The van der Waals surface area contributed by atoms with Crippen LogP contribution in [0.4, 0.5) is 0 Å². The predicted molar refractivity (Wildman–Crippen MR) is 190 cm³/mol. The molecule has 0 unspecified atom stereocenters. The Kier molecular flexibility index (Phi) is 9.43. The number of aromatic nitrogens is 6. The standard InChI is InChI=1S/2C18H20N4OS/c2*1-2-16-21-14-10-20-13-6-8-24-18(13)17(14)22(16)12-4-3-11(5-7-19)15(23)9-12/h2*6,8,10-12,15,23H,2-5,9H2,1H3/t11-,12+,15+;11-,12+,15-/m01/s1. The van der Waals surface area contributed by atoms with E-state index in [2.05, 4.69) is 55.8 Å². The largest absolute Gasteiger partial charge is 0.393 e. The molecule has 0 aliphatic heterocycles. The fourth-order valence-corrected chi connectivity index (χ4v) is 9.67. The molecule has 2 saturated carbocycles. The van der Waals surface area contributed by atoms with Gasteiger partial charge in [0, 0.05) is 37.8 Å². The number of hydrogen-bond acceptors (Lipinski definition) is 10. The molecule has 2 aliphatic rings. The van der Waals surface area contributed by atoms with Crippen LogP contribution in [0.25, 0.3) is 42.5 Å². The second-order valence-electron chi connectivity index (χ2n) is 13.1. The first-order valence-electron chi connectivity index (χ1n) is 17.0. The molecule has 0 radical (unpaired) electrons. The van der Waals surface area contributed by atoms with Crippen molar-refractivity contribution in [1.82, 2.24) is 29.1 Å². The highest BCUT2D eigenvalue weighted by Gasteiger charge is 2.33. The van der Waals surface area contributed by atoms with Crippen LogP contribution in [0.3, 0.4) is 0 Å². The van der Waals surface area contributed by atoms with Gasteiger partial charge in [-0.15, -0.1) is 22.7 Å². The van der Waals surface area contributed by atoms with Gasteiger partial charge in [-0.1, -0.05) is 13.8 Å². The number of nitriles is 2. The van der Waals surface area contributed by atoms with Gasteiger partial charge < -0.3 is 19.3 Å². The zero-order chi connectivity index (χ0) is 33.4. The van der Waals surface area contributed by atoms with E-state index in [1.165, 1.54) is 9.40 Å². The summed E-state index contributed by atoms with van der Waals surface area (Å²) in [5.41, 5.74) is 6.21. The van der Waals surface area contributed by atoms with Gasteiger partial charge in [0.1, 0.15) is 22.7 Å². The van der Waals surface area contributed by atoms with E-state index in [0.717, 1.165) is 83.3 Å². The Hall–Kier alpha value is -3.94. The van der Waals surface area contributed by atoms with Gasteiger partial charge in [0.2, 0.25) is 0 Å². The third-order valence-corrected chi connectivity index (χ3v) is 12.1. The topological polar surface area (TPSA) is 149 Å². The van der Waals surface area contributed by atoms with Gasteiger partial charge in [-0.25, -0.2) is 9.97 Å². The molecule has 0 spiro atoms. The molecule has 12 heteroatoms. The highest BCUT2D eigenvalue weighted by Crippen LogP contribution is 2.41.